The molecule has 6 heteroatoms. The summed E-state index contributed by atoms with van der Waals surface area (Å²) >= 11 is 0. The highest BCUT2D eigenvalue weighted by Crippen LogP contribution is 2.32. The van der Waals surface area contributed by atoms with Crippen molar-refractivity contribution in [2.45, 2.75) is 25.4 Å². The number of nitrogens with one attached hydrogen (secondary N) is 2. The van der Waals surface area contributed by atoms with Gasteiger partial charge in [0.25, 0.3) is 5.91 Å². The molecule has 172 valence electrons. The third-order valence-corrected chi connectivity index (χ3v) is 5.91. The number of aromatic amines is 1. The van der Waals surface area contributed by atoms with E-state index in [1.807, 2.05) is 62.6 Å². The summed E-state index contributed by atoms with van der Waals surface area (Å²) in [7, 11) is 4.08. The molecule has 0 radical (unpaired) electrons. The van der Waals surface area contributed by atoms with Crippen molar-refractivity contribution >= 4 is 28.2 Å². The van der Waals surface area contributed by atoms with E-state index in [0.29, 0.717) is 22.4 Å². The van der Waals surface area contributed by atoms with Gasteiger partial charge in [0, 0.05) is 34.6 Å². The summed E-state index contributed by atoms with van der Waals surface area (Å²) in [5.41, 5.74) is 5.45. The lowest BCUT2D eigenvalue weighted by Crippen LogP contribution is -2.25. The smallest absolute Gasteiger partial charge is 0.251 e. The highest BCUT2D eigenvalue weighted by molar-refractivity contribution is 6.22. The molecule has 1 aromatic heterocycles. The summed E-state index contributed by atoms with van der Waals surface area (Å²) in [6.45, 7) is 0.857. The third kappa shape index (κ3) is 4.72. The maximum absolute atomic E-state index is 12.5. The van der Waals surface area contributed by atoms with Crippen molar-refractivity contribution < 1.29 is 9.90 Å². The number of rotatable bonds is 7. The van der Waals surface area contributed by atoms with Gasteiger partial charge in [-0.2, -0.15) is 0 Å². The lowest BCUT2D eigenvalue weighted by atomic mass is 10.00. The molecule has 3 N–H and O–H groups in total. The summed E-state index contributed by atoms with van der Waals surface area (Å²) < 4.78 is 0. The van der Waals surface area contributed by atoms with Crippen LogP contribution in [0.25, 0.3) is 10.9 Å². The maximum Gasteiger partial charge on any atom is 0.251 e. The standard InChI is InChI=1S/C28H28N4O2/c1-32(2)17-18-8-11-21(12-9-18)29-26(19-6-4-3-5-7-19)25-23-15-10-20(16-24(23)31-28(25)34)27(33)30-22-13-14-22/h3-12,15-16,22,31,34H,13-14,17H2,1-2H3,(H,30,33). The van der Waals surface area contributed by atoms with E-state index in [9.17, 15) is 9.90 Å². The SMILES string of the molecule is CN(C)Cc1ccc(N=C(c2ccccc2)c2c(O)[nH]c3cc(C(=O)NC4CC4)ccc23)cc1. The number of carbonyl (C=O) groups is 1. The largest absolute Gasteiger partial charge is 0.494 e. The Kier molecular flexibility index (Phi) is 5.90. The number of aliphatic imine (C=N–C) groups is 1. The van der Waals surface area contributed by atoms with Crippen molar-refractivity contribution in [1.82, 2.24) is 15.2 Å². The van der Waals surface area contributed by atoms with E-state index < -0.39 is 0 Å². The highest BCUT2D eigenvalue weighted by Gasteiger charge is 2.25. The zero-order valence-corrected chi connectivity index (χ0v) is 19.4. The van der Waals surface area contributed by atoms with E-state index >= 15 is 0 Å². The van der Waals surface area contributed by atoms with Crippen molar-refractivity contribution in [3.05, 3.63) is 95.1 Å². The minimum atomic E-state index is -0.0881. The second kappa shape index (κ2) is 9.15. The Morgan fingerprint density at radius 2 is 1.76 bits per heavy atom. The fourth-order valence-corrected chi connectivity index (χ4v) is 4.09. The average molecular weight is 453 g/mol. The summed E-state index contributed by atoms with van der Waals surface area (Å²) in [5, 5.41) is 14.8. The Morgan fingerprint density at radius 3 is 2.44 bits per heavy atom. The van der Waals surface area contributed by atoms with Crippen LogP contribution in [0.1, 0.15) is 39.9 Å². The predicted octanol–water partition coefficient (Wildman–Crippen LogP) is 5.00. The van der Waals surface area contributed by atoms with Crippen molar-refractivity contribution in [1.29, 1.82) is 0 Å². The molecule has 5 rings (SSSR count). The lowest BCUT2D eigenvalue weighted by Gasteiger charge is -2.10. The van der Waals surface area contributed by atoms with Crippen LogP contribution in [0.15, 0.2) is 77.8 Å². The molecule has 1 amide bonds. The van der Waals surface area contributed by atoms with Gasteiger partial charge in [0.05, 0.1) is 17.0 Å². The van der Waals surface area contributed by atoms with Crippen molar-refractivity contribution in [3.63, 3.8) is 0 Å². The molecule has 34 heavy (non-hydrogen) atoms. The predicted molar refractivity (Wildman–Crippen MR) is 136 cm³/mol. The quantitative estimate of drug-likeness (QED) is 0.345. The van der Waals surface area contributed by atoms with Gasteiger partial charge in [-0.05, 0) is 56.8 Å². The number of benzene rings is 3. The lowest BCUT2D eigenvalue weighted by molar-refractivity contribution is 0.0951. The Labute approximate surface area is 199 Å². The van der Waals surface area contributed by atoms with Crippen LogP contribution in [-0.4, -0.2) is 46.7 Å². The number of hydrogen-bond acceptors (Lipinski definition) is 4. The molecule has 0 bridgehead atoms. The fourth-order valence-electron chi connectivity index (χ4n) is 4.09. The molecule has 0 aliphatic heterocycles. The molecular formula is C28H28N4O2. The molecule has 3 aromatic carbocycles. The van der Waals surface area contributed by atoms with E-state index in [1.54, 1.807) is 12.1 Å². The van der Waals surface area contributed by atoms with Crippen LogP contribution in [-0.2, 0) is 6.54 Å². The van der Waals surface area contributed by atoms with Gasteiger partial charge in [0.15, 0.2) is 5.88 Å². The van der Waals surface area contributed by atoms with Crippen molar-refractivity contribution in [2.24, 2.45) is 4.99 Å². The van der Waals surface area contributed by atoms with E-state index in [-0.39, 0.29) is 17.8 Å². The molecule has 1 aliphatic rings. The molecular weight excluding hydrogens is 424 g/mol. The van der Waals surface area contributed by atoms with Gasteiger partial charge < -0.3 is 20.3 Å². The number of aromatic nitrogens is 1. The van der Waals surface area contributed by atoms with Gasteiger partial charge in [-0.25, -0.2) is 4.99 Å². The van der Waals surface area contributed by atoms with Crippen LogP contribution < -0.4 is 5.32 Å². The van der Waals surface area contributed by atoms with Gasteiger partial charge in [-0.3, -0.25) is 4.79 Å². The topological polar surface area (TPSA) is 80.7 Å². The Hall–Kier alpha value is -3.90. The summed E-state index contributed by atoms with van der Waals surface area (Å²) in [6.07, 6.45) is 2.07. The zero-order valence-electron chi connectivity index (χ0n) is 19.4. The monoisotopic (exact) mass is 452 g/mol. The molecule has 1 saturated carbocycles. The normalized spacial score (nSPS) is 14.0. The van der Waals surface area contributed by atoms with Gasteiger partial charge >= 0.3 is 0 Å². The summed E-state index contributed by atoms with van der Waals surface area (Å²) in [4.78, 5) is 22.6. The van der Waals surface area contributed by atoms with E-state index in [2.05, 4.69) is 27.3 Å². The second-order valence-corrected chi connectivity index (χ2v) is 9.09. The van der Waals surface area contributed by atoms with Crippen LogP contribution in [0.5, 0.6) is 5.88 Å². The number of nitrogens with zero attached hydrogens (tertiary/aromatic N) is 2. The van der Waals surface area contributed by atoms with Crippen LogP contribution in [0.4, 0.5) is 5.69 Å². The maximum atomic E-state index is 12.5. The second-order valence-electron chi connectivity index (χ2n) is 9.09. The average Bonchev–Trinajstić information content (AvgIpc) is 3.58. The minimum absolute atomic E-state index is 0.0292. The molecule has 6 nitrogen and oxygen atoms in total. The molecule has 0 saturated heterocycles. The first kappa shape index (κ1) is 21.9. The highest BCUT2D eigenvalue weighted by atomic mass is 16.3. The molecule has 0 unspecified atom stereocenters. The van der Waals surface area contributed by atoms with Crippen LogP contribution in [0, 0.1) is 0 Å². The fraction of sp³-hybridized carbons (Fsp3) is 0.214. The first-order chi connectivity index (χ1) is 16.5. The van der Waals surface area contributed by atoms with Crippen LogP contribution in [0.3, 0.4) is 0 Å². The Balaban J connectivity index is 1.57. The molecule has 0 spiro atoms. The summed E-state index contributed by atoms with van der Waals surface area (Å²) in [6, 6.07) is 23.7. The number of aromatic hydroxyl groups is 1. The first-order valence-electron chi connectivity index (χ1n) is 11.5. The number of amides is 1. The minimum Gasteiger partial charge on any atom is -0.494 e. The van der Waals surface area contributed by atoms with Gasteiger partial charge in [-0.1, -0.05) is 48.5 Å². The Morgan fingerprint density at radius 1 is 1.03 bits per heavy atom. The molecule has 1 aliphatic carbocycles. The zero-order chi connectivity index (χ0) is 23.7. The summed E-state index contributed by atoms with van der Waals surface area (Å²) in [5.74, 6) is -0.0589. The van der Waals surface area contributed by atoms with Gasteiger partial charge in [-0.15, -0.1) is 0 Å². The third-order valence-electron chi connectivity index (χ3n) is 5.91. The molecule has 0 atom stereocenters. The van der Waals surface area contributed by atoms with E-state index in [0.717, 1.165) is 36.0 Å². The van der Waals surface area contributed by atoms with E-state index in [4.69, 9.17) is 4.99 Å². The van der Waals surface area contributed by atoms with Crippen molar-refractivity contribution in [2.75, 3.05) is 14.1 Å². The van der Waals surface area contributed by atoms with Crippen LogP contribution in [0.2, 0.25) is 0 Å². The van der Waals surface area contributed by atoms with E-state index in [1.165, 1.54) is 5.56 Å². The van der Waals surface area contributed by atoms with Crippen LogP contribution >= 0.6 is 0 Å². The number of H-pyrrole nitrogens is 1. The first-order valence-corrected chi connectivity index (χ1v) is 11.5. The van der Waals surface area contributed by atoms with Crippen molar-refractivity contribution in [3.8, 4) is 5.88 Å². The number of carbonyl (C=O) groups excluding carboxylic acids is 1. The number of fused-ring (bicyclic) bond motifs is 1. The molecule has 4 aromatic rings. The van der Waals surface area contributed by atoms with Gasteiger partial charge in [0.1, 0.15) is 0 Å². The molecule has 1 heterocycles. The number of hydrogen-bond donors (Lipinski definition) is 3. The molecule has 1 fully saturated rings. The Bertz CT molecular complexity index is 1350. The van der Waals surface area contributed by atoms with Gasteiger partial charge in [0.2, 0.25) is 0 Å².